The molecule has 5 atom stereocenters. The summed E-state index contributed by atoms with van der Waals surface area (Å²) in [7, 11) is 1.34. The average molecular weight is 504 g/mol. The number of fused-ring (bicyclic) bond motifs is 2. The van der Waals surface area contributed by atoms with Crippen molar-refractivity contribution in [3.8, 4) is 17.2 Å². The van der Waals surface area contributed by atoms with E-state index in [0.717, 1.165) is 0 Å². The molecule has 1 saturated heterocycles. The van der Waals surface area contributed by atoms with Gasteiger partial charge in [-0.25, -0.2) is 0 Å². The Hall–Kier alpha value is -3.06. The molecule has 6 N–H and O–H groups in total. The second-order valence-electron chi connectivity index (χ2n) is 8.74. The van der Waals surface area contributed by atoms with Gasteiger partial charge in [0.05, 0.1) is 24.8 Å². The Bertz CT molecular complexity index is 1160. The predicted octanol–water partition coefficient (Wildman–Crippen LogP) is -0.330. The number of rotatable bonds is 8. The van der Waals surface area contributed by atoms with Crippen LogP contribution < -0.4 is 9.47 Å². The number of aryl methyl sites for hydroxylation is 1. The van der Waals surface area contributed by atoms with Crippen LogP contribution in [0.1, 0.15) is 50.2 Å². The first-order valence-corrected chi connectivity index (χ1v) is 11.5. The van der Waals surface area contributed by atoms with Crippen molar-refractivity contribution in [2.75, 3.05) is 20.3 Å². The summed E-state index contributed by atoms with van der Waals surface area (Å²) in [6.07, 6.45) is -6.27. The first-order chi connectivity index (χ1) is 17.2. The zero-order chi connectivity index (χ0) is 26.1. The number of ketones is 2. The summed E-state index contributed by atoms with van der Waals surface area (Å²) in [5.74, 6) is -1.71. The molecule has 2 aromatic carbocycles. The van der Waals surface area contributed by atoms with Crippen LogP contribution in [0.2, 0.25) is 0 Å². The topological polar surface area (TPSA) is 183 Å². The van der Waals surface area contributed by atoms with E-state index in [1.807, 2.05) is 0 Å². The van der Waals surface area contributed by atoms with E-state index in [-0.39, 0.29) is 46.1 Å². The summed E-state index contributed by atoms with van der Waals surface area (Å²) < 4.78 is 16.3. The van der Waals surface area contributed by atoms with Crippen LogP contribution in [0.4, 0.5) is 0 Å². The Morgan fingerprint density at radius 3 is 2.28 bits per heavy atom. The molecular weight excluding hydrogens is 476 g/mol. The predicted molar refractivity (Wildman–Crippen MR) is 122 cm³/mol. The minimum atomic E-state index is -1.75. The van der Waals surface area contributed by atoms with Gasteiger partial charge in [0.1, 0.15) is 41.7 Å². The lowest BCUT2D eigenvalue weighted by Crippen LogP contribution is -2.60. The summed E-state index contributed by atoms with van der Waals surface area (Å²) in [4.78, 5) is 27.0. The largest absolute Gasteiger partial charge is 0.507 e. The number of methoxy groups -OCH3 is 1. The SMILES string of the molecule is COc1cc(OC2OC(CO)C(O)C(O)C2O)c2c(c1)C(=O)c1cc(CCCCO)cc(O)c1C2=O. The van der Waals surface area contributed by atoms with E-state index in [9.17, 15) is 35.1 Å². The van der Waals surface area contributed by atoms with Crippen molar-refractivity contribution in [2.45, 2.75) is 50.0 Å². The van der Waals surface area contributed by atoms with E-state index >= 15 is 0 Å². The summed E-state index contributed by atoms with van der Waals surface area (Å²) in [5, 5.41) is 59.6. The first kappa shape index (κ1) is 26.0. The van der Waals surface area contributed by atoms with Crippen LogP contribution in [0, 0.1) is 0 Å². The Kier molecular flexibility index (Phi) is 7.59. The van der Waals surface area contributed by atoms with Crippen molar-refractivity contribution >= 4 is 11.6 Å². The van der Waals surface area contributed by atoms with Gasteiger partial charge in [-0.1, -0.05) is 0 Å². The van der Waals surface area contributed by atoms with Gasteiger partial charge in [0, 0.05) is 23.8 Å². The highest BCUT2D eigenvalue weighted by atomic mass is 16.7. The molecule has 1 heterocycles. The third kappa shape index (κ3) is 4.57. The summed E-state index contributed by atoms with van der Waals surface area (Å²) in [6, 6.07) is 5.58. The quantitative estimate of drug-likeness (QED) is 0.221. The minimum absolute atomic E-state index is 0.0125. The lowest BCUT2D eigenvalue weighted by Gasteiger charge is -2.39. The number of carbonyl (C=O) groups is 2. The molecule has 0 spiro atoms. The Morgan fingerprint density at radius 1 is 0.889 bits per heavy atom. The number of hydrogen-bond acceptors (Lipinski definition) is 11. The summed E-state index contributed by atoms with van der Waals surface area (Å²) >= 11 is 0. The number of ether oxygens (including phenoxy) is 3. The molecule has 0 aromatic heterocycles. The van der Waals surface area contributed by atoms with Crippen molar-refractivity contribution in [1.82, 2.24) is 0 Å². The van der Waals surface area contributed by atoms with Crippen molar-refractivity contribution in [3.63, 3.8) is 0 Å². The van der Waals surface area contributed by atoms with Gasteiger partial charge in [-0.15, -0.1) is 0 Å². The van der Waals surface area contributed by atoms with E-state index in [1.54, 1.807) is 0 Å². The number of aliphatic hydroxyl groups is 5. The van der Waals surface area contributed by atoms with Gasteiger partial charge in [-0.2, -0.15) is 0 Å². The highest BCUT2D eigenvalue weighted by Gasteiger charge is 2.45. The van der Waals surface area contributed by atoms with Gasteiger partial charge in [-0.3, -0.25) is 9.59 Å². The van der Waals surface area contributed by atoms with E-state index in [2.05, 4.69) is 0 Å². The monoisotopic (exact) mass is 504 g/mol. The van der Waals surface area contributed by atoms with Crippen LogP contribution in [0.25, 0.3) is 0 Å². The number of phenols is 1. The Balaban J connectivity index is 1.75. The number of unbranched alkanes of at least 4 members (excludes halogenated alkanes) is 1. The number of carbonyl (C=O) groups excluding carboxylic acids is 2. The molecule has 1 aliphatic heterocycles. The molecule has 11 nitrogen and oxygen atoms in total. The molecule has 194 valence electrons. The molecule has 2 aromatic rings. The standard InChI is InChI=1S/C25H28O11/c1-34-12-8-14-19(16(9-12)35-25-24(33)23(32)21(30)17(10-27)36-25)22(31)18-13(20(14)29)6-11(7-15(18)28)4-2-3-5-26/h6-9,17,21,23-28,30,32-33H,2-5,10H2,1H3. The van der Waals surface area contributed by atoms with Gasteiger partial charge >= 0.3 is 0 Å². The molecule has 11 heteroatoms. The molecule has 0 amide bonds. The number of aliphatic hydroxyl groups excluding tert-OH is 5. The maximum atomic E-state index is 13.5. The molecule has 1 aliphatic carbocycles. The van der Waals surface area contributed by atoms with Gasteiger partial charge in [0.25, 0.3) is 0 Å². The van der Waals surface area contributed by atoms with Crippen LogP contribution in [-0.2, 0) is 11.2 Å². The van der Waals surface area contributed by atoms with Gasteiger partial charge in [0.2, 0.25) is 12.1 Å². The Morgan fingerprint density at radius 2 is 1.61 bits per heavy atom. The van der Waals surface area contributed by atoms with E-state index in [4.69, 9.17) is 19.3 Å². The second-order valence-corrected chi connectivity index (χ2v) is 8.74. The van der Waals surface area contributed by atoms with Crippen LogP contribution in [0.3, 0.4) is 0 Å². The van der Waals surface area contributed by atoms with Crippen LogP contribution in [0.15, 0.2) is 24.3 Å². The van der Waals surface area contributed by atoms with Crippen molar-refractivity contribution in [3.05, 3.63) is 52.1 Å². The summed E-state index contributed by atoms with van der Waals surface area (Å²) in [5.41, 5.74) is 0.178. The highest BCUT2D eigenvalue weighted by molar-refractivity contribution is 6.30. The zero-order valence-corrected chi connectivity index (χ0v) is 19.5. The van der Waals surface area contributed by atoms with Crippen LogP contribution in [0.5, 0.6) is 17.2 Å². The smallest absolute Gasteiger partial charge is 0.229 e. The lowest BCUT2D eigenvalue weighted by molar-refractivity contribution is -0.277. The number of hydrogen-bond donors (Lipinski definition) is 6. The van der Waals surface area contributed by atoms with Crippen LogP contribution in [-0.4, -0.2) is 93.2 Å². The molecule has 4 rings (SSSR count). The third-order valence-electron chi connectivity index (χ3n) is 6.40. The number of aromatic hydroxyl groups is 1. The van der Waals surface area contributed by atoms with Gasteiger partial charge in [-0.05, 0) is 43.0 Å². The van der Waals surface area contributed by atoms with Crippen molar-refractivity contribution < 1.29 is 54.4 Å². The minimum Gasteiger partial charge on any atom is -0.507 e. The molecule has 0 radical (unpaired) electrons. The lowest BCUT2D eigenvalue weighted by atomic mass is 9.81. The fraction of sp³-hybridized carbons (Fsp3) is 0.440. The molecular formula is C25H28O11. The molecule has 5 unspecified atom stereocenters. The molecule has 0 saturated carbocycles. The average Bonchev–Trinajstić information content (AvgIpc) is 2.86. The Labute approximate surface area is 206 Å². The van der Waals surface area contributed by atoms with Crippen LogP contribution >= 0.6 is 0 Å². The normalized spacial score (nSPS) is 25.3. The fourth-order valence-corrected chi connectivity index (χ4v) is 4.46. The van der Waals surface area contributed by atoms with Gasteiger partial charge in [0.15, 0.2) is 5.78 Å². The number of phenolic OH excluding ortho intramolecular Hbond substituents is 1. The van der Waals surface area contributed by atoms with Crippen molar-refractivity contribution in [1.29, 1.82) is 0 Å². The van der Waals surface area contributed by atoms with Gasteiger partial charge < -0.3 is 44.8 Å². The maximum Gasteiger partial charge on any atom is 0.229 e. The molecule has 1 fully saturated rings. The zero-order valence-electron chi connectivity index (χ0n) is 19.5. The maximum absolute atomic E-state index is 13.5. The molecule has 0 bridgehead atoms. The van der Waals surface area contributed by atoms with E-state index in [0.29, 0.717) is 24.8 Å². The van der Waals surface area contributed by atoms with E-state index < -0.39 is 48.9 Å². The first-order valence-electron chi connectivity index (χ1n) is 11.5. The van der Waals surface area contributed by atoms with E-state index in [1.165, 1.54) is 31.4 Å². The molecule has 2 aliphatic rings. The summed E-state index contributed by atoms with van der Waals surface area (Å²) in [6.45, 7) is -0.668. The number of benzene rings is 2. The second kappa shape index (κ2) is 10.5. The fourth-order valence-electron chi connectivity index (χ4n) is 4.46. The third-order valence-corrected chi connectivity index (χ3v) is 6.40. The van der Waals surface area contributed by atoms with Crippen molar-refractivity contribution in [2.24, 2.45) is 0 Å². The highest BCUT2D eigenvalue weighted by Crippen LogP contribution is 2.41. The molecule has 36 heavy (non-hydrogen) atoms.